The van der Waals surface area contributed by atoms with Gasteiger partial charge in [0.2, 0.25) is 5.91 Å². The Morgan fingerprint density at radius 3 is 1.81 bits per heavy atom. The fourth-order valence-corrected chi connectivity index (χ4v) is 3.20. The zero-order valence-corrected chi connectivity index (χ0v) is 16.2. The maximum atomic E-state index is 13.0. The quantitative estimate of drug-likeness (QED) is 0.704. The Labute approximate surface area is 157 Å². The van der Waals surface area contributed by atoms with Crippen LogP contribution in [0.4, 0.5) is 0 Å². The van der Waals surface area contributed by atoms with Gasteiger partial charge in [0.25, 0.3) is 0 Å². The molecule has 2 rings (SSSR count). The minimum atomic E-state index is -0.777. The molecule has 0 saturated carbocycles. The summed E-state index contributed by atoms with van der Waals surface area (Å²) in [7, 11) is 0. The number of hydrogen-bond donors (Lipinski definition) is 1. The number of carbonyl (C=O) groups excluding carboxylic acids is 1. The van der Waals surface area contributed by atoms with E-state index in [-0.39, 0.29) is 11.8 Å². The highest BCUT2D eigenvalue weighted by atomic mass is 16.3. The Bertz CT molecular complexity index is 628. The lowest BCUT2D eigenvalue weighted by atomic mass is 9.83. The molecule has 140 valence electrons. The summed E-state index contributed by atoms with van der Waals surface area (Å²) in [6.45, 7) is 7.18. The van der Waals surface area contributed by atoms with Crippen molar-refractivity contribution in [2.24, 2.45) is 5.92 Å². The van der Waals surface area contributed by atoms with E-state index in [0.717, 1.165) is 11.1 Å². The molecule has 1 atom stereocenters. The van der Waals surface area contributed by atoms with Crippen molar-refractivity contribution in [1.29, 1.82) is 0 Å². The minimum absolute atomic E-state index is 0.0882. The normalized spacial score (nSPS) is 13.4. The van der Waals surface area contributed by atoms with Crippen LogP contribution in [0.1, 0.15) is 51.2 Å². The highest BCUT2D eigenvalue weighted by Crippen LogP contribution is 2.27. The van der Waals surface area contributed by atoms with Crippen molar-refractivity contribution in [3.63, 3.8) is 0 Å². The van der Waals surface area contributed by atoms with Crippen LogP contribution in [0.3, 0.4) is 0 Å². The molecule has 3 heteroatoms. The topological polar surface area (TPSA) is 40.5 Å². The van der Waals surface area contributed by atoms with Crippen LogP contribution in [-0.2, 0) is 17.9 Å². The second-order valence-corrected chi connectivity index (χ2v) is 7.33. The van der Waals surface area contributed by atoms with Crippen LogP contribution in [-0.4, -0.2) is 21.5 Å². The number of aliphatic hydroxyl groups is 1. The second-order valence-electron chi connectivity index (χ2n) is 7.33. The SMILES string of the molecule is CCC(O)(CCC(=O)N(Cc1ccccc1)Cc1ccccc1)C(C)C. The number of amides is 1. The van der Waals surface area contributed by atoms with Gasteiger partial charge in [-0.25, -0.2) is 0 Å². The van der Waals surface area contributed by atoms with Crippen molar-refractivity contribution in [3.05, 3.63) is 71.8 Å². The lowest BCUT2D eigenvalue weighted by Crippen LogP contribution is -2.37. The van der Waals surface area contributed by atoms with Gasteiger partial charge in [0, 0.05) is 19.5 Å². The van der Waals surface area contributed by atoms with E-state index in [4.69, 9.17) is 0 Å². The van der Waals surface area contributed by atoms with E-state index in [9.17, 15) is 9.90 Å². The number of nitrogens with zero attached hydrogens (tertiary/aromatic N) is 1. The number of rotatable bonds is 9. The average Bonchev–Trinajstić information content (AvgIpc) is 2.66. The summed E-state index contributed by atoms with van der Waals surface area (Å²) < 4.78 is 0. The fraction of sp³-hybridized carbons (Fsp3) is 0.435. The van der Waals surface area contributed by atoms with Gasteiger partial charge in [-0.2, -0.15) is 0 Å². The van der Waals surface area contributed by atoms with E-state index in [1.54, 1.807) is 0 Å². The Kier molecular flexibility index (Phi) is 7.40. The summed E-state index contributed by atoms with van der Waals surface area (Å²) in [5, 5.41) is 10.7. The van der Waals surface area contributed by atoms with E-state index in [1.165, 1.54) is 0 Å². The van der Waals surface area contributed by atoms with Crippen LogP contribution in [0.15, 0.2) is 60.7 Å². The van der Waals surface area contributed by atoms with E-state index in [2.05, 4.69) is 0 Å². The van der Waals surface area contributed by atoms with E-state index < -0.39 is 5.60 Å². The first-order chi connectivity index (χ1) is 12.4. The van der Waals surface area contributed by atoms with Gasteiger partial charge in [0.05, 0.1) is 5.60 Å². The molecule has 0 radical (unpaired) electrons. The lowest BCUT2D eigenvalue weighted by Gasteiger charge is -2.32. The molecule has 0 aliphatic rings. The molecule has 2 aromatic carbocycles. The van der Waals surface area contributed by atoms with Crippen LogP contribution in [0.5, 0.6) is 0 Å². The molecule has 0 aliphatic heterocycles. The second kappa shape index (κ2) is 9.54. The lowest BCUT2D eigenvalue weighted by molar-refractivity contribution is -0.134. The highest BCUT2D eigenvalue weighted by molar-refractivity contribution is 5.76. The number of carbonyl (C=O) groups is 1. The summed E-state index contributed by atoms with van der Waals surface area (Å²) in [6, 6.07) is 20.1. The molecular weight excluding hydrogens is 322 g/mol. The van der Waals surface area contributed by atoms with E-state index >= 15 is 0 Å². The van der Waals surface area contributed by atoms with Crippen molar-refractivity contribution in [2.45, 2.75) is 58.7 Å². The standard InChI is InChI=1S/C23H31NO2/c1-4-23(26,19(2)3)16-15-22(25)24(17-20-11-7-5-8-12-20)18-21-13-9-6-10-14-21/h5-14,19,26H,4,15-18H2,1-3H3. The first kappa shape index (κ1) is 20.2. The Balaban J connectivity index is 2.10. The van der Waals surface area contributed by atoms with Gasteiger partial charge in [0.1, 0.15) is 0 Å². The van der Waals surface area contributed by atoms with E-state index in [1.807, 2.05) is 86.3 Å². The summed E-state index contributed by atoms with van der Waals surface area (Å²) in [5.41, 5.74) is 1.46. The van der Waals surface area contributed by atoms with Gasteiger partial charge in [-0.05, 0) is 29.9 Å². The Hall–Kier alpha value is -2.13. The molecule has 2 aromatic rings. The van der Waals surface area contributed by atoms with Gasteiger partial charge in [-0.1, -0.05) is 81.4 Å². The van der Waals surface area contributed by atoms with Crippen molar-refractivity contribution < 1.29 is 9.90 Å². The summed E-state index contributed by atoms with van der Waals surface area (Å²) >= 11 is 0. The van der Waals surface area contributed by atoms with Crippen LogP contribution in [0.25, 0.3) is 0 Å². The smallest absolute Gasteiger partial charge is 0.223 e. The van der Waals surface area contributed by atoms with Crippen molar-refractivity contribution in [1.82, 2.24) is 4.90 Å². The van der Waals surface area contributed by atoms with E-state index in [0.29, 0.717) is 32.4 Å². The zero-order valence-electron chi connectivity index (χ0n) is 16.2. The van der Waals surface area contributed by atoms with Crippen molar-refractivity contribution in [3.8, 4) is 0 Å². The average molecular weight is 354 g/mol. The third-order valence-corrected chi connectivity index (χ3v) is 5.24. The molecule has 1 amide bonds. The maximum Gasteiger partial charge on any atom is 0.223 e. The third kappa shape index (κ3) is 5.70. The van der Waals surface area contributed by atoms with Crippen LogP contribution in [0.2, 0.25) is 0 Å². The molecule has 0 saturated heterocycles. The molecule has 0 fully saturated rings. The zero-order chi connectivity index (χ0) is 19.0. The third-order valence-electron chi connectivity index (χ3n) is 5.24. The maximum absolute atomic E-state index is 13.0. The van der Waals surface area contributed by atoms with Crippen LogP contribution < -0.4 is 0 Å². The fourth-order valence-electron chi connectivity index (χ4n) is 3.20. The van der Waals surface area contributed by atoms with Crippen molar-refractivity contribution in [2.75, 3.05) is 0 Å². The van der Waals surface area contributed by atoms with Gasteiger partial charge >= 0.3 is 0 Å². The van der Waals surface area contributed by atoms with Crippen LogP contribution in [0, 0.1) is 5.92 Å². The van der Waals surface area contributed by atoms with Crippen molar-refractivity contribution >= 4 is 5.91 Å². The van der Waals surface area contributed by atoms with Gasteiger partial charge in [-0.3, -0.25) is 4.79 Å². The summed E-state index contributed by atoms with van der Waals surface area (Å²) in [6.07, 6.45) is 1.53. The molecular formula is C23H31NO2. The molecule has 0 aliphatic carbocycles. The molecule has 0 heterocycles. The molecule has 0 bridgehead atoms. The Morgan fingerprint density at radius 1 is 0.962 bits per heavy atom. The monoisotopic (exact) mass is 353 g/mol. The molecule has 26 heavy (non-hydrogen) atoms. The first-order valence-corrected chi connectivity index (χ1v) is 9.52. The largest absolute Gasteiger partial charge is 0.390 e. The summed E-state index contributed by atoms with van der Waals surface area (Å²) in [5.74, 6) is 0.224. The molecule has 0 aromatic heterocycles. The predicted octanol–water partition coefficient (Wildman–Crippen LogP) is 4.79. The summed E-state index contributed by atoms with van der Waals surface area (Å²) in [4.78, 5) is 14.8. The molecule has 0 spiro atoms. The van der Waals surface area contributed by atoms with Gasteiger partial charge < -0.3 is 10.0 Å². The highest BCUT2D eigenvalue weighted by Gasteiger charge is 2.30. The minimum Gasteiger partial charge on any atom is -0.390 e. The number of benzene rings is 2. The first-order valence-electron chi connectivity index (χ1n) is 9.52. The molecule has 1 unspecified atom stereocenters. The number of hydrogen-bond acceptors (Lipinski definition) is 2. The predicted molar refractivity (Wildman–Crippen MR) is 106 cm³/mol. The molecule has 1 N–H and O–H groups in total. The molecule has 3 nitrogen and oxygen atoms in total. The van der Waals surface area contributed by atoms with Crippen LogP contribution >= 0.6 is 0 Å². The Morgan fingerprint density at radius 2 is 1.42 bits per heavy atom. The van der Waals surface area contributed by atoms with Gasteiger partial charge in [-0.15, -0.1) is 0 Å². The van der Waals surface area contributed by atoms with Gasteiger partial charge in [0.15, 0.2) is 0 Å².